The van der Waals surface area contributed by atoms with Gasteiger partial charge in [-0.2, -0.15) is 5.10 Å². The molecule has 2 aromatic carbocycles. The van der Waals surface area contributed by atoms with Crippen LogP contribution in [0.3, 0.4) is 0 Å². The van der Waals surface area contributed by atoms with Crippen LogP contribution in [0.15, 0.2) is 54.9 Å². The van der Waals surface area contributed by atoms with Gasteiger partial charge in [-0.05, 0) is 54.4 Å². The molecule has 7 heteroatoms. The molecule has 31 heavy (non-hydrogen) atoms. The van der Waals surface area contributed by atoms with E-state index in [1.807, 2.05) is 41.2 Å². The molecule has 1 N–H and O–H groups in total. The number of aliphatic hydroxyl groups is 1. The summed E-state index contributed by atoms with van der Waals surface area (Å²) in [6.45, 7) is 3.29. The number of hydrogen-bond donors (Lipinski definition) is 1. The molecule has 0 bridgehead atoms. The van der Waals surface area contributed by atoms with Crippen LogP contribution in [0, 0.1) is 0 Å². The number of methoxy groups -OCH3 is 1. The lowest BCUT2D eigenvalue weighted by molar-refractivity contribution is 0.0476. The highest BCUT2D eigenvalue weighted by molar-refractivity contribution is 5.45. The van der Waals surface area contributed by atoms with Gasteiger partial charge in [-0.1, -0.05) is 12.1 Å². The average molecular weight is 421 g/mol. The Kier molecular flexibility index (Phi) is 5.53. The topological polar surface area (TPSA) is 69.0 Å². The minimum atomic E-state index is -0.420. The van der Waals surface area contributed by atoms with Crippen molar-refractivity contribution in [3.8, 4) is 17.2 Å². The van der Waals surface area contributed by atoms with Crippen LogP contribution in [0.2, 0.25) is 0 Å². The van der Waals surface area contributed by atoms with Gasteiger partial charge in [0.25, 0.3) is 0 Å². The number of aliphatic hydroxyl groups excluding tert-OH is 1. The van der Waals surface area contributed by atoms with Crippen molar-refractivity contribution in [2.24, 2.45) is 0 Å². The van der Waals surface area contributed by atoms with Crippen molar-refractivity contribution in [1.82, 2.24) is 14.7 Å². The molecule has 0 saturated carbocycles. The standard InChI is InChI=1S/C24H27N3O4/c1-29-22-5-3-17(11-19(22)14-27-9-2-8-25-27)13-26-10-7-20(21(28)15-26)18-4-6-23-24(12-18)31-16-30-23/h2-6,8-9,11-12,20-21,28H,7,10,13-16H2,1H3/t20-,21+/m0/s1. The molecular weight excluding hydrogens is 394 g/mol. The number of hydrogen-bond acceptors (Lipinski definition) is 6. The number of fused-ring (bicyclic) bond motifs is 1. The van der Waals surface area contributed by atoms with Crippen molar-refractivity contribution in [2.45, 2.75) is 31.5 Å². The Morgan fingerprint density at radius 1 is 1.13 bits per heavy atom. The molecule has 1 fully saturated rings. The summed E-state index contributed by atoms with van der Waals surface area (Å²) in [5, 5.41) is 15.2. The van der Waals surface area contributed by atoms with Crippen molar-refractivity contribution >= 4 is 0 Å². The summed E-state index contributed by atoms with van der Waals surface area (Å²) in [6.07, 6.45) is 4.21. The first-order chi connectivity index (χ1) is 15.2. The minimum Gasteiger partial charge on any atom is -0.496 e. The lowest BCUT2D eigenvalue weighted by atomic mass is 9.86. The van der Waals surface area contributed by atoms with E-state index in [0.717, 1.165) is 47.9 Å². The van der Waals surface area contributed by atoms with Crippen LogP contribution in [-0.2, 0) is 13.1 Å². The lowest BCUT2D eigenvalue weighted by Gasteiger charge is -2.36. The van der Waals surface area contributed by atoms with E-state index in [-0.39, 0.29) is 12.7 Å². The van der Waals surface area contributed by atoms with Crippen LogP contribution < -0.4 is 14.2 Å². The normalized spacial score (nSPS) is 20.7. The first-order valence-electron chi connectivity index (χ1n) is 10.6. The molecule has 2 aliphatic rings. The van der Waals surface area contributed by atoms with Gasteiger partial charge in [-0.25, -0.2) is 0 Å². The van der Waals surface area contributed by atoms with Gasteiger partial charge in [-0.15, -0.1) is 0 Å². The molecule has 1 aromatic heterocycles. The summed E-state index contributed by atoms with van der Waals surface area (Å²) < 4.78 is 18.3. The van der Waals surface area contributed by atoms with E-state index < -0.39 is 6.10 Å². The molecule has 0 aliphatic carbocycles. The SMILES string of the molecule is COc1ccc(CN2CC[C@@H](c3ccc4c(c3)OCO4)[C@H](O)C2)cc1Cn1cccn1. The second kappa shape index (κ2) is 8.61. The molecule has 2 aliphatic heterocycles. The maximum Gasteiger partial charge on any atom is 0.231 e. The molecule has 0 unspecified atom stereocenters. The van der Waals surface area contributed by atoms with E-state index >= 15 is 0 Å². The molecule has 162 valence electrons. The van der Waals surface area contributed by atoms with Crippen LogP contribution in [0.4, 0.5) is 0 Å². The number of ether oxygens (including phenoxy) is 3. The first kappa shape index (κ1) is 19.9. The number of benzene rings is 2. The van der Waals surface area contributed by atoms with Crippen molar-refractivity contribution in [1.29, 1.82) is 0 Å². The summed E-state index contributed by atoms with van der Waals surface area (Å²) in [4.78, 5) is 2.31. The number of piperidine rings is 1. The van der Waals surface area contributed by atoms with Gasteiger partial charge in [0.1, 0.15) is 5.75 Å². The fraction of sp³-hybridized carbons (Fsp3) is 0.375. The summed E-state index contributed by atoms with van der Waals surface area (Å²) in [6, 6.07) is 14.2. The quantitative estimate of drug-likeness (QED) is 0.660. The largest absolute Gasteiger partial charge is 0.496 e. The minimum absolute atomic E-state index is 0.108. The van der Waals surface area contributed by atoms with E-state index in [1.165, 1.54) is 5.56 Å². The molecule has 2 atom stereocenters. The monoisotopic (exact) mass is 421 g/mol. The Labute approximate surface area is 181 Å². The Balaban J connectivity index is 1.25. The molecule has 1 saturated heterocycles. The Morgan fingerprint density at radius 2 is 2.03 bits per heavy atom. The highest BCUT2D eigenvalue weighted by Gasteiger charge is 2.30. The number of aromatic nitrogens is 2. The van der Waals surface area contributed by atoms with Crippen molar-refractivity contribution in [3.05, 3.63) is 71.5 Å². The van der Waals surface area contributed by atoms with Gasteiger partial charge in [0.05, 0.1) is 19.8 Å². The lowest BCUT2D eigenvalue weighted by Crippen LogP contribution is -2.42. The summed E-state index contributed by atoms with van der Waals surface area (Å²) in [7, 11) is 1.69. The highest BCUT2D eigenvalue weighted by Crippen LogP contribution is 2.37. The summed E-state index contributed by atoms with van der Waals surface area (Å²) in [5.41, 5.74) is 3.42. The zero-order chi connectivity index (χ0) is 21.2. The maximum atomic E-state index is 10.9. The number of likely N-dealkylation sites (tertiary alicyclic amines) is 1. The molecule has 7 nitrogen and oxygen atoms in total. The van der Waals surface area contributed by atoms with E-state index in [0.29, 0.717) is 13.1 Å². The molecule has 0 radical (unpaired) electrons. The molecule has 3 heterocycles. The zero-order valence-corrected chi connectivity index (χ0v) is 17.6. The van der Waals surface area contributed by atoms with Gasteiger partial charge in [0.15, 0.2) is 11.5 Å². The average Bonchev–Trinajstić information content (AvgIpc) is 3.45. The van der Waals surface area contributed by atoms with Crippen molar-refractivity contribution < 1.29 is 19.3 Å². The predicted molar refractivity (Wildman–Crippen MR) is 116 cm³/mol. The van der Waals surface area contributed by atoms with Crippen LogP contribution in [0.25, 0.3) is 0 Å². The third-order valence-electron chi connectivity index (χ3n) is 6.13. The third-order valence-corrected chi connectivity index (χ3v) is 6.13. The smallest absolute Gasteiger partial charge is 0.231 e. The summed E-state index contributed by atoms with van der Waals surface area (Å²) in [5.74, 6) is 2.52. The fourth-order valence-electron chi connectivity index (χ4n) is 4.55. The highest BCUT2D eigenvalue weighted by atomic mass is 16.7. The first-order valence-corrected chi connectivity index (χ1v) is 10.6. The van der Waals surface area contributed by atoms with E-state index in [2.05, 4.69) is 22.1 Å². The molecule has 3 aromatic rings. The second-order valence-electron chi connectivity index (χ2n) is 8.16. The molecule has 5 rings (SSSR count). The Bertz CT molecular complexity index is 1040. The zero-order valence-electron chi connectivity index (χ0n) is 17.6. The number of β-amino-alcohol motifs (C(OH)–C–C–N with tert-alkyl or cyclic N) is 1. The Hall–Kier alpha value is -3.03. The number of nitrogens with zero attached hydrogens (tertiary/aromatic N) is 3. The van der Waals surface area contributed by atoms with Crippen LogP contribution in [0.1, 0.15) is 29.0 Å². The third kappa shape index (κ3) is 4.24. The van der Waals surface area contributed by atoms with Gasteiger partial charge in [0, 0.05) is 37.0 Å². The van der Waals surface area contributed by atoms with Crippen molar-refractivity contribution in [2.75, 3.05) is 27.0 Å². The van der Waals surface area contributed by atoms with Gasteiger partial charge >= 0.3 is 0 Å². The molecule has 0 amide bonds. The van der Waals surface area contributed by atoms with E-state index in [4.69, 9.17) is 14.2 Å². The molecular formula is C24H27N3O4. The second-order valence-corrected chi connectivity index (χ2v) is 8.16. The van der Waals surface area contributed by atoms with Crippen LogP contribution >= 0.6 is 0 Å². The van der Waals surface area contributed by atoms with E-state index in [1.54, 1.807) is 13.3 Å². The Morgan fingerprint density at radius 3 is 2.84 bits per heavy atom. The van der Waals surface area contributed by atoms with Gasteiger partial charge in [0.2, 0.25) is 6.79 Å². The van der Waals surface area contributed by atoms with Crippen molar-refractivity contribution in [3.63, 3.8) is 0 Å². The van der Waals surface area contributed by atoms with Crippen LogP contribution in [0.5, 0.6) is 17.2 Å². The van der Waals surface area contributed by atoms with Gasteiger partial charge < -0.3 is 19.3 Å². The van der Waals surface area contributed by atoms with E-state index in [9.17, 15) is 5.11 Å². The van der Waals surface area contributed by atoms with Gasteiger partial charge in [-0.3, -0.25) is 9.58 Å². The fourth-order valence-corrected chi connectivity index (χ4v) is 4.55. The predicted octanol–water partition coefficient (Wildman–Crippen LogP) is 3.02. The summed E-state index contributed by atoms with van der Waals surface area (Å²) >= 11 is 0. The number of rotatable bonds is 6. The molecule has 0 spiro atoms. The maximum absolute atomic E-state index is 10.9. The van der Waals surface area contributed by atoms with Crippen LogP contribution in [-0.4, -0.2) is 52.9 Å².